The first kappa shape index (κ1) is 18.1. The molecular formula is C16H23N3O5S. The minimum Gasteiger partial charge on any atom is -0.408 e. The Balaban J connectivity index is 1.78. The van der Waals surface area contributed by atoms with E-state index >= 15 is 0 Å². The number of fused-ring (bicyclic) bond motifs is 1. The van der Waals surface area contributed by atoms with Crippen molar-refractivity contribution >= 4 is 21.1 Å². The summed E-state index contributed by atoms with van der Waals surface area (Å²) in [6, 6.07) is 4.26. The maximum Gasteiger partial charge on any atom is 0.419 e. The van der Waals surface area contributed by atoms with Crippen LogP contribution in [0.25, 0.3) is 11.1 Å². The largest absolute Gasteiger partial charge is 0.419 e. The van der Waals surface area contributed by atoms with Crippen LogP contribution < -0.4 is 10.5 Å². The summed E-state index contributed by atoms with van der Waals surface area (Å²) in [5, 5.41) is 0. The van der Waals surface area contributed by atoms with Gasteiger partial charge in [-0.1, -0.05) is 6.92 Å². The number of rotatable bonds is 6. The molecule has 1 fully saturated rings. The van der Waals surface area contributed by atoms with E-state index in [1.54, 1.807) is 13.1 Å². The number of aromatic nitrogens is 1. The highest BCUT2D eigenvalue weighted by Crippen LogP contribution is 2.18. The van der Waals surface area contributed by atoms with Crippen molar-refractivity contribution in [2.45, 2.75) is 24.3 Å². The number of aryl methyl sites for hydroxylation is 1. The zero-order valence-electron chi connectivity index (χ0n) is 14.4. The van der Waals surface area contributed by atoms with Crippen molar-refractivity contribution in [1.29, 1.82) is 0 Å². The van der Waals surface area contributed by atoms with Crippen molar-refractivity contribution in [2.75, 3.05) is 32.8 Å². The molecule has 3 rings (SSSR count). The molecular weight excluding hydrogens is 346 g/mol. The second-order valence-corrected chi connectivity index (χ2v) is 7.91. The number of hydrogen-bond donors (Lipinski definition) is 1. The fraction of sp³-hybridized carbons (Fsp3) is 0.562. The van der Waals surface area contributed by atoms with E-state index in [1.165, 1.54) is 16.7 Å². The van der Waals surface area contributed by atoms with Crippen LogP contribution in [0.4, 0.5) is 0 Å². The van der Waals surface area contributed by atoms with Gasteiger partial charge in [0.15, 0.2) is 5.58 Å². The Bertz CT molecular complexity index is 896. The number of morpholine rings is 1. The number of ether oxygens (including phenoxy) is 1. The van der Waals surface area contributed by atoms with E-state index in [1.807, 2.05) is 6.92 Å². The molecule has 0 aliphatic carbocycles. The molecule has 1 N–H and O–H groups in total. The van der Waals surface area contributed by atoms with E-state index < -0.39 is 15.8 Å². The minimum atomic E-state index is -3.70. The molecule has 9 heteroatoms. The van der Waals surface area contributed by atoms with E-state index in [-0.39, 0.29) is 16.5 Å². The van der Waals surface area contributed by atoms with Crippen LogP contribution in [-0.4, -0.2) is 56.8 Å². The van der Waals surface area contributed by atoms with E-state index in [0.717, 1.165) is 13.1 Å². The maximum atomic E-state index is 12.7. The van der Waals surface area contributed by atoms with E-state index in [0.29, 0.717) is 31.7 Å². The van der Waals surface area contributed by atoms with Crippen LogP contribution in [0, 0.1) is 0 Å². The highest BCUT2D eigenvalue weighted by Gasteiger charge is 2.23. The average molecular weight is 369 g/mol. The van der Waals surface area contributed by atoms with Crippen LogP contribution in [0.5, 0.6) is 0 Å². The maximum absolute atomic E-state index is 12.7. The third-order valence-electron chi connectivity index (χ3n) is 4.47. The molecule has 1 saturated heterocycles. The normalized spacial score (nSPS) is 17.8. The van der Waals surface area contributed by atoms with E-state index in [2.05, 4.69) is 9.62 Å². The van der Waals surface area contributed by atoms with Crippen molar-refractivity contribution in [2.24, 2.45) is 7.05 Å². The van der Waals surface area contributed by atoms with Gasteiger partial charge < -0.3 is 9.15 Å². The van der Waals surface area contributed by atoms with Gasteiger partial charge in [0.05, 0.1) is 23.6 Å². The fourth-order valence-electron chi connectivity index (χ4n) is 2.91. The third kappa shape index (κ3) is 3.95. The number of oxazole rings is 1. The Kier molecular flexibility index (Phi) is 5.28. The van der Waals surface area contributed by atoms with Gasteiger partial charge in [-0.2, -0.15) is 0 Å². The molecule has 1 aromatic heterocycles. The molecule has 25 heavy (non-hydrogen) atoms. The Morgan fingerprint density at radius 2 is 2.00 bits per heavy atom. The first-order valence-corrected chi connectivity index (χ1v) is 9.81. The summed E-state index contributed by atoms with van der Waals surface area (Å²) in [4.78, 5) is 13.8. The Morgan fingerprint density at radius 1 is 1.28 bits per heavy atom. The summed E-state index contributed by atoms with van der Waals surface area (Å²) in [6.45, 7) is 5.55. The summed E-state index contributed by atoms with van der Waals surface area (Å²) in [5.41, 5.74) is 0.820. The van der Waals surface area contributed by atoms with Crippen molar-refractivity contribution in [1.82, 2.24) is 14.2 Å². The number of sulfonamides is 1. The molecule has 1 atom stereocenters. The van der Waals surface area contributed by atoms with Crippen molar-refractivity contribution in [3.63, 3.8) is 0 Å². The van der Waals surface area contributed by atoms with Gasteiger partial charge in [0.2, 0.25) is 10.0 Å². The van der Waals surface area contributed by atoms with Crippen LogP contribution in [-0.2, 0) is 21.8 Å². The second kappa shape index (κ2) is 7.28. The summed E-state index contributed by atoms with van der Waals surface area (Å²) < 4.78 is 39.9. The van der Waals surface area contributed by atoms with Crippen LogP contribution in [0.3, 0.4) is 0 Å². The van der Waals surface area contributed by atoms with Crippen LogP contribution >= 0.6 is 0 Å². The zero-order chi connectivity index (χ0) is 18.0. The monoisotopic (exact) mass is 369 g/mol. The lowest BCUT2D eigenvalue weighted by Crippen LogP contribution is -2.47. The van der Waals surface area contributed by atoms with Crippen LogP contribution in [0.1, 0.15) is 13.3 Å². The molecule has 0 unspecified atom stereocenters. The molecule has 0 spiro atoms. The number of nitrogens with one attached hydrogen (secondary N) is 1. The molecule has 1 aliphatic rings. The topological polar surface area (TPSA) is 93.8 Å². The fourth-order valence-corrected chi connectivity index (χ4v) is 4.24. The third-order valence-corrected chi connectivity index (χ3v) is 5.99. The predicted molar refractivity (Wildman–Crippen MR) is 93.1 cm³/mol. The quantitative estimate of drug-likeness (QED) is 0.798. The minimum absolute atomic E-state index is 0.0924. The zero-order valence-corrected chi connectivity index (χ0v) is 15.2. The molecule has 0 bridgehead atoms. The van der Waals surface area contributed by atoms with E-state index in [4.69, 9.17) is 9.15 Å². The first-order valence-electron chi connectivity index (χ1n) is 8.32. The summed E-state index contributed by atoms with van der Waals surface area (Å²) in [6.07, 6.45) is 0.680. The van der Waals surface area contributed by atoms with Gasteiger partial charge in [-0.05, 0) is 18.6 Å². The number of hydrogen-bond acceptors (Lipinski definition) is 6. The predicted octanol–water partition coefficient (Wildman–Crippen LogP) is 0.521. The summed E-state index contributed by atoms with van der Waals surface area (Å²) in [5.74, 6) is -0.517. The molecule has 138 valence electrons. The molecule has 1 aromatic carbocycles. The van der Waals surface area contributed by atoms with Gasteiger partial charge in [-0.25, -0.2) is 17.9 Å². The van der Waals surface area contributed by atoms with Crippen molar-refractivity contribution < 1.29 is 17.6 Å². The van der Waals surface area contributed by atoms with Gasteiger partial charge in [0.25, 0.3) is 0 Å². The smallest absolute Gasteiger partial charge is 0.408 e. The Morgan fingerprint density at radius 3 is 2.68 bits per heavy atom. The molecule has 2 aromatic rings. The van der Waals surface area contributed by atoms with Crippen molar-refractivity contribution in [3.8, 4) is 0 Å². The average Bonchev–Trinajstić information content (AvgIpc) is 2.89. The highest BCUT2D eigenvalue weighted by molar-refractivity contribution is 7.89. The van der Waals surface area contributed by atoms with Gasteiger partial charge in [-0.3, -0.25) is 9.47 Å². The van der Waals surface area contributed by atoms with Gasteiger partial charge >= 0.3 is 5.76 Å². The van der Waals surface area contributed by atoms with E-state index in [9.17, 15) is 13.2 Å². The number of nitrogens with zero attached hydrogens (tertiary/aromatic N) is 2. The van der Waals surface area contributed by atoms with Gasteiger partial charge in [0, 0.05) is 38.8 Å². The Hall–Kier alpha value is -1.68. The van der Waals surface area contributed by atoms with Crippen LogP contribution in [0.15, 0.2) is 32.3 Å². The summed E-state index contributed by atoms with van der Waals surface area (Å²) >= 11 is 0. The molecule has 0 saturated carbocycles. The molecule has 0 radical (unpaired) electrons. The molecule has 1 aliphatic heterocycles. The SMILES string of the molecule is CC[C@H](CN1CCOCC1)NS(=O)(=O)c1ccc2c(c1)oc(=O)n2C. The van der Waals surface area contributed by atoms with Crippen LogP contribution in [0.2, 0.25) is 0 Å². The Labute approximate surface area is 146 Å². The molecule has 8 nitrogen and oxygen atoms in total. The lowest BCUT2D eigenvalue weighted by Gasteiger charge is -2.30. The summed E-state index contributed by atoms with van der Waals surface area (Å²) in [7, 11) is -2.12. The van der Waals surface area contributed by atoms with Crippen molar-refractivity contribution in [3.05, 3.63) is 28.7 Å². The van der Waals surface area contributed by atoms with Gasteiger partial charge in [0.1, 0.15) is 0 Å². The molecule has 0 amide bonds. The highest BCUT2D eigenvalue weighted by atomic mass is 32.2. The first-order chi connectivity index (χ1) is 11.9. The lowest BCUT2D eigenvalue weighted by atomic mass is 10.2. The second-order valence-electron chi connectivity index (χ2n) is 6.20. The lowest BCUT2D eigenvalue weighted by molar-refractivity contribution is 0.0344. The van der Waals surface area contributed by atoms with Gasteiger partial charge in [-0.15, -0.1) is 0 Å². The number of benzene rings is 1. The standard InChI is InChI=1S/C16H23N3O5S/c1-3-12(11-19-6-8-23-9-7-19)17-25(21,22)13-4-5-14-15(10-13)24-16(20)18(14)2/h4-5,10,12,17H,3,6-9,11H2,1-2H3/t12-/m1/s1. The molecule has 2 heterocycles.